The minimum Gasteiger partial charge on any atom is -0.497 e. The van der Waals surface area contributed by atoms with Crippen LogP contribution in [-0.4, -0.2) is 71.7 Å². The number of hydrogen-bond acceptors (Lipinski definition) is 4. The predicted molar refractivity (Wildman–Crippen MR) is 132 cm³/mol. The zero-order chi connectivity index (χ0) is 25.8. The first-order chi connectivity index (χ1) is 16.5. The summed E-state index contributed by atoms with van der Waals surface area (Å²) in [6, 6.07) is 15.3. The Labute approximate surface area is 206 Å². The normalized spacial score (nSPS) is 15.8. The minimum atomic E-state index is -1.22. The van der Waals surface area contributed by atoms with Crippen molar-refractivity contribution in [2.75, 3.05) is 33.8 Å². The van der Waals surface area contributed by atoms with Crippen LogP contribution in [-0.2, 0) is 16.6 Å². The van der Waals surface area contributed by atoms with Gasteiger partial charge in [-0.25, -0.2) is 14.6 Å². The van der Waals surface area contributed by atoms with Gasteiger partial charge in [-0.05, 0) is 40.7 Å². The molecule has 9 nitrogen and oxygen atoms in total. The molecule has 9 heteroatoms. The van der Waals surface area contributed by atoms with Crippen molar-refractivity contribution < 1.29 is 24.2 Å². The Morgan fingerprint density at radius 2 is 1.74 bits per heavy atom. The molecule has 4 amide bonds. The van der Waals surface area contributed by atoms with E-state index in [-0.39, 0.29) is 30.6 Å². The second-order valence-corrected chi connectivity index (χ2v) is 9.75. The van der Waals surface area contributed by atoms with Gasteiger partial charge in [-0.3, -0.25) is 10.2 Å². The van der Waals surface area contributed by atoms with E-state index in [9.17, 15) is 14.4 Å². The van der Waals surface area contributed by atoms with Gasteiger partial charge >= 0.3 is 12.1 Å². The number of amides is 4. The molecule has 0 radical (unpaired) electrons. The van der Waals surface area contributed by atoms with E-state index < -0.39 is 12.0 Å². The molecular formula is C26H34N4O5. The summed E-state index contributed by atoms with van der Waals surface area (Å²) in [5.41, 5.74) is 5.81. The number of hydrogen-bond donors (Lipinski definition) is 2. The van der Waals surface area contributed by atoms with Crippen LogP contribution in [0.25, 0.3) is 0 Å². The monoisotopic (exact) mass is 482 g/mol. The van der Waals surface area contributed by atoms with Gasteiger partial charge in [0.25, 0.3) is 5.91 Å². The highest BCUT2D eigenvalue weighted by Gasteiger charge is 2.39. The molecule has 0 aromatic heterocycles. The Bertz CT molecular complexity index is 1050. The van der Waals surface area contributed by atoms with Crippen LogP contribution in [0.5, 0.6) is 5.75 Å². The summed E-state index contributed by atoms with van der Waals surface area (Å²) in [5.74, 6) is 0.199. The van der Waals surface area contributed by atoms with Crippen LogP contribution in [0.2, 0.25) is 0 Å². The molecule has 0 bridgehead atoms. The van der Waals surface area contributed by atoms with Crippen LogP contribution < -0.4 is 10.2 Å². The number of hydrazine groups is 1. The molecule has 2 aromatic carbocycles. The quantitative estimate of drug-likeness (QED) is 0.598. The van der Waals surface area contributed by atoms with Crippen molar-refractivity contribution in [2.24, 2.45) is 0 Å². The molecule has 188 valence electrons. The predicted octanol–water partition coefficient (Wildman–Crippen LogP) is 3.66. The van der Waals surface area contributed by atoms with Crippen LogP contribution in [0, 0.1) is 0 Å². The molecule has 2 N–H and O–H groups in total. The van der Waals surface area contributed by atoms with Crippen molar-refractivity contribution in [1.82, 2.24) is 20.2 Å². The Kier molecular flexibility index (Phi) is 7.89. The van der Waals surface area contributed by atoms with Gasteiger partial charge in [0, 0.05) is 13.6 Å². The molecule has 0 spiro atoms. The van der Waals surface area contributed by atoms with E-state index in [1.165, 1.54) is 17.6 Å². The highest BCUT2D eigenvalue weighted by Crippen LogP contribution is 2.31. The van der Waals surface area contributed by atoms with E-state index in [1.54, 1.807) is 12.0 Å². The molecule has 0 aliphatic carbocycles. The first-order valence-corrected chi connectivity index (χ1v) is 11.5. The summed E-state index contributed by atoms with van der Waals surface area (Å²) in [4.78, 5) is 39.3. The second-order valence-electron chi connectivity index (χ2n) is 9.75. The number of carboxylic acid groups (broad SMARTS) is 1. The fraction of sp³-hybridized carbons (Fsp3) is 0.423. The number of carbonyl (C=O) groups excluding carboxylic acids is 2. The van der Waals surface area contributed by atoms with E-state index in [4.69, 9.17) is 9.84 Å². The second kappa shape index (κ2) is 10.7. The Morgan fingerprint density at radius 1 is 1.11 bits per heavy atom. The zero-order valence-corrected chi connectivity index (χ0v) is 20.9. The number of ether oxygens (including phenoxy) is 1. The molecule has 1 fully saturated rings. The SMILES string of the molecule is COc1ccc(CCN2C(=O)N(NC(=O)CN(C)C(=O)O)CC2c2ccc(C(C)(C)C)cc2)cc1. The van der Waals surface area contributed by atoms with E-state index in [2.05, 4.69) is 38.3 Å². The standard InChI is InChI=1S/C26H34N4O5/c1-26(2,3)20-10-8-19(9-11-20)22-16-30(27-23(31)17-28(4)25(33)34)24(32)29(22)15-14-18-6-12-21(35-5)13-7-18/h6-13,22H,14-17H2,1-5H3,(H,27,31)(H,33,34). The lowest BCUT2D eigenvalue weighted by Crippen LogP contribution is -2.48. The van der Waals surface area contributed by atoms with Gasteiger partial charge in [-0.15, -0.1) is 0 Å². The number of methoxy groups -OCH3 is 1. The van der Waals surface area contributed by atoms with Gasteiger partial charge in [-0.1, -0.05) is 57.2 Å². The average Bonchev–Trinajstić information content (AvgIpc) is 3.12. The molecule has 2 aromatic rings. The van der Waals surface area contributed by atoms with E-state index >= 15 is 0 Å². The van der Waals surface area contributed by atoms with E-state index in [0.29, 0.717) is 13.0 Å². The maximum atomic E-state index is 13.3. The fourth-order valence-electron chi connectivity index (χ4n) is 3.98. The molecule has 3 rings (SSSR count). The van der Waals surface area contributed by atoms with Crippen LogP contribution >= 0.6 is 0 Å². The average molecular weight is 483 g/mol. The van der Waals surface area contributed by atoms with Crippen molar-refractivity contribution in [3.05, 3.63) is 65.2 Å². The summed E-state index contributed by atoms with van der Waals surface area (Å²) in [7, 11) is 2.92. The topological polar surface area (TPSA) is 102 Å². The van der Waals surface area contributed by atoms with Crippen molar-refractivity contribution in [1.29, 1.82) is 0 Å². The van der Waals surface area contributed by atoms with Crippen molar-refractivity contribution in [3.8, 4) is 5.75 Å². The lowest BCUT2D eigenvalue weighted by Gasteiger charge is -2.25. The van der Waals surface area contributed by atoms with Crippen LogP contribution in [0.1, 0.15) is 43.5 Å². The molecular weight excluding hydrogens is 448 g/mol. The van der Waals surface area contributed by atoms with Crippen molar-refractivity contribution in [2.45, 2.75) is 38.6 Å². The number of urea groups is 1. The highest BCUT2D eigenvalue weighted by atomic mass is 16.5. The third-order valence-corrected chi connectivity index (χ3v) is 6.14. The number of nitrogens with zero attached hydrogens (tertiary/aromatic N) is 3. The van der Waals surface area contributed by atoms with Gasteiger partial charge in [0.1, 0.15) is 12.3 Å². The molecule has 1 aliphatic rings. The maximum absolute atomic E-state index is 13.3. The maximum Gasteiger partial charge on any atom is 0.407 e. The number of benzene rings is 2. The molecule has 1 aliphatic heterocycles. The number of rotatable bonds is 8. The molecule has 35 heavy (non-hydrogen) atoms. The number of likely N-dealkylation sites (N-methyl/N-ethyl adjacent to an activating group) is 1. The molecule has 1 atom stereocenters. The minimum absolute atomic E-state index is 0.00819. The fourth-order valence-corrected chi connectivity index (χ4v) is 3.98. The highest BCUT2D eigenvalue weighted by molar-refractivity contribution is 5.85. The van der Waals surface area contributed by atoms with Crippen LogP contribution in [0.3, 0.4) is 0 Å². The Morgan fingerprint density at radius 3 is 2.29 bits per heavy atom. The van der Waals surface area contributed by atoms with Gasteiger partial charge < -0.3 is 19.6 Å². The van der Waals surface area contributed by atoms with Crippen LogP contribution in [0.15, 0.2) is 48.5 Å². The Balaban J connectivity index is 1.79. The Hall–Kier alpha value is -3.75. The summed E-state index contributed by atoms with van der Waals surface area (Å²) in [6.45, 7) is 6.79. The van der Waals surface area contributed by atoms with Crippen LogP contribution in [0.4, 0.5) is 9.59 Å². The lowest BCUT2D eigenvalue weighted by molar-refractivity contribution is -0.125. The summed E-state index contributed by atoms with van der Waals surface area (Å²) < 4.78 is 5.21. The summed E-state index contributed by atoms with van der Waals surface area (Å²) >= 11 is 0. The first-order valence-electron chi connectivity index (χ1n) is 11.5. The number of carbonyl (C=O) groups is 3. The van der Waals surface area contributed by atoms with Gasteiger partial charge in [0.2, 0.25) is 0 Å². The third-order valence-electron chi connectivity index (χ3n) is 6.14. The molecule has 1 heterocycles. The lowest BCUT2D eigenvalue weighted by atomic mass is 9.86. The van der Waals surface area contributed by atoms with Crippen molar-refractivity contribution >= 4 is 18.0 Å². The van der Waals surface area contributed by atoms with E-state index in [1.807, 2.05) is 36.4 Å². The van der Waals surface area contributed by atoms with Gasteiger partial charge in [0.15, 0.2) is 0 Å². The number of nitrogens with one attached hydrogen (secondary N) is 1. The molecule has 1 saturated heterocycles. The largest absolute Gasteiger partial charge is 0.497 e. The first kappa shape index (κ1) is 25.9. The van der Waals surface area contributed by atoms with Gasteiger partial charge in [-0.2, -0.15) is 0 Å². The smallest absolute Gasteiger partial charge is 0.407 e. The molecule has 0 saturated carbocycles. The van der Waals surface area contributed by atoms with E-state index in [0.717, 1.165) is 21.8 Å². The molecule has 1 unspecified atom stereocenters. The van der Waals surface area contributed by atoms with Gasteiger partial charge in [0.05, 0.1) is 19.7 Å². The summed E-state index contributed by atoms with van der Waals surface area (Å²) in [5, 5.41) is 10.3. The third kappa shape index (κ3) is 6.44. The zero-order valence-electron chi connectivity index (χ0n) is 20.9. The van der Waals surface area contributed by atoms with Crippen molar-refractivity contribution in [3.63, 3.8) is 0 Å². The summed E-state index contributed by atoms with van der Waals surface area (Å²) in [6.07, 6.45) is -0.582.